The summed E-state index contributed by atoms with van der Waals surface area (Å²) in [5, 5.41) is 6.36. The first-order valence-corrected chi connectivity index (χ1v) is 7.59. The zero-order chi connectivity index (χ0) is 14.6. The highest BCUT2D eigenvalue weighted by Crippen LogP contribution is 2.29. The van der Waals surface area contributed by atoms with Crippen molar-refractivity contribution in [2.45, 2.75) is 52.6 Å². The first-order valence-electron chi connectivity index (χ1n) is 7.59. The van der Waals surface area contributed by atoms with E-state index in [-0.39, 0.29) is 17.4 Å². The zero-order valence-corrected chi connectivity index (χ0v) is 12.8. The molecule has 1 aliphatic heterocycles. The van der Waals surface area contributed by atoms with E-state index in [0.717, 1.165) is 31.4 Å². The highest BCUT2D eigenvalue weighted by molar-refractivity contribution is 5.81. The van der Waals surface area contributed by atoms with Crippen molar-refractivity contribution in [3.8, 4) is 0 Å². The van der Waals surface area contributed by atoms with Crippen LogP contribution in [0.5, 0.6) is 0 Å². The third kappa shape index (κ3) is 4.07. The highest BCUT2D eigenvalue weighted by atomic mass is 16.2. The number of aryl methyl sites for hydroxylation is 1. The maximum absolute atomic E-state index is 12.2. The number of benzene rings is 1. The van der Waals surface area contributed by atoms with E-state index in [9.17, 15) is 4.79 Å². The van der Waals surface area contributed by atoms with Gasteiger partial charge in [0.25, 0.3) is 0 Å². The standard InChI is InChI=1S/C17H26N2O/c1-4-13-5-7-14(8-6-13)12-19-16(20)15-11-17(2,3)9-10-18-15/h5-8,15,18H,4,9-12H2,1-3H3,(H,19,20). The molecule has 2 N–H and O–H groups in total. The van der Waals surface area contributed by atoms with Gasteiger partial charge in [-0.3, -0.25) is 4.79 Å². The summed E-state index contributed by atoms with van der Waals surface area (Å²) in [4.78, 5) is 12.2. The number of hydrogen-bond acceptors (Lipinski definition) is 2. The van der Waals surface area contributed by atoms with Crippen LogP contribution in [0, 0.1) is 5.41 Å². The van der Waals surface area contributed by atoms with Gasteiger partial charge in [-0.2, -0.15) is 0 Å². The predicted octanol–water partition coefficient (Wildman–Crippen LogP) is 2.64. The fourth-order valence-electron chi connectivity index (χ4n) is 2.70. The molecule has 0 radical (unpaired) electrons. The molecule has 0 aromatic heterocycles. The maximum Gasteiger partial charge on any atom is 0.237 e. The van der Waals surface area contributed by atoms with Crippen LogP contribution >= 0.6 is 0 Å². The summed E-state index contributed by atoms with van der Waals surface area (Å²) < 4.78 is 0. The Morgan fingerprint density at radius 3 is 2.55 bits per heavy atom. The molecule has 1 amide bonds. The molecule has 1 aliphatic rings. The lowest BCUT2D eigenvalue weighted by Crippen LogP contribution is -2.50. The molecule has 1 fully saturated rings. The fourth-order valence-corrected chi connectivity index (χ4v) is 2.70. The molecule has 2 rings (SSSR count). The van der Waals surface area contributed by atoms with Crippen LogP contribution in [0.2, 0.25) is 0 Å². The van der Waals surface area contributed by atoms with Gasteiger partial charge in [0.05, 0.1) is 6.04 Å². The van der Waals surface area contributed by atoms with Gasteiger partial charge in [0.15, 0.2) is 0 Å². The molecule has 1 aromatic carbocycles. The quantitative estimate of drug-likeness (QED) is 0.886. The minimum atomic E-state index is -0.0475. The summed E-state index contributed by atoms with van der Waals surface area (Å²) in [5.41, 5.74) is 2.75. The Labute approximate surface area is 122 Å². The van der Waals surface area contributed by atoms with E-state index < -0.39 is 0 Å². The lowest BCUT2D eigenvalue weighted by atomic mass is 9.79. The average molecular weight is 274 g/mol. The first kappa shape index (κ1) is 15.0. The van der Waals surface area contributed by atoms with Crippen LogP contribution in [0.1, 0.15) is 44.7 Å². The number of hydrogen-bond donors (Lipinski definition) is 2. The van der Waals surface area contributed by atoms with E-state index in [4.69, 9.17) is 0 Å². The molecule has 1 unspecified atom stereocenters. The Hall–Kier alpha value is -1.35. The van der Waals surface area contributed by atoms with Gasteiger partial charge in [0.1, 0.15) is 0 Å². The lowest BCUT2D eigenvalue weighted by molar-refractivity contribution is -0.124. The van der Waals surface area contributed by atoms with E-state index in [1.54, 1.807) is 0 Å². The maximum atomic E-state index is 12.2. The second kappa shape index (κ2) is 6.40. The third-order valence-corrected chi connectivity index (χ3v) is 4.16. The Morgan fingerprint density at radius 2 is 1.95 bits per heavy atom. The summed E-state index contributed by atoms with van der Waals surface area (Å²) in [6.07, 6.45) is 3.09. The molecule has 0 saturated carbocycles. The molecule has 0 aliphatic carbocycles. The number of nitrogens with one attached hydrogen (secondary N) is 2. The molecule has 1 saturated heterocycles. The largest absolute Gasteiger partial charge is 0.351 e. The van der Waals surface area contributed by atoms with Crippen molar-refractivity contribution < 1.29 is 4.79 Å². The van der Waals surface area contributed by atoms with Crippen molar-refractivity contribution in [1.29, 1.82) is 0 Å². The van der Waals surface area contributed by atoms with E-state index in [1.165, 1.54) is 5.56 Å². The van der Waals surface area contributed by atoms with Crippen LogP contribution in [0.3, 0.4) is 0 Å². The molecule has 1 aromatic rings. The van der Waals surface area contributed by atoms with Gasteiger partial charge < -0.3 is 10.6 Å². The molecule has 1 atom stereocenters. The lowest BCUT2D eigenvalue weighted by Gasteiger charge is -2.35. The number of carbonyl (C=O) groups excluding carboxylic acids is 1. The van der Waals surface area contributed by atoms with Gasteiger partial charge in [-0.25, -0.2) is 0 Å². The summed E-state index contributed by atoms with van der Waals surface area (Å²) in [6.45, 7) is 8.15. The summed E-state index contributed by atoms with van der Waals surface area (Å²) in [6, 6.07) is 8.40. The first-order chi connectivity index (χ1) is 9.50. The second-order valence-electron chi connectivity index (χ2n) is 6.51. The Balaban J connectivity index is 1.85. The smallest absolute Gasteiger partial charge is 0.237 e. The fraction of sp³-hybridized carbons (Fsp3) is 0.588. The number of rotatable bonds is 4. The van der Waals surface area contributed by atoms with Gasteiger partial charge in [0, 0.05) is 6.54 Å². The molecular weight excluding hydrogens is 248 g/mol. The van der Waals surface area contributed by atoms with E-state index in [2.05, 4.69) is 55.7 Å². The summed E-state index contributed by atoms with van der Waals surface area (Å²) in [5.74, 6) is 0.123. The second-order valence-corrected chi connectivity index (χ2v) is 6.51. The van der Waals surface area contributed by atoms with Crippen molar-refractivity contribution in [2.75, 3.05) is 6.54 Å². The van der Waals surface area contributed by atoms with Crippen LogP contribution in [-0.2, 0) is 17.8 Å². The summed E-state index contributed by atoms with van der Waals surface area (Å²) in [7, 11) is 0. The molecule has 3 nitrogen and oxygen atoms in total. The SMILES string of the molecule is CCc1ccc(CNC(=O)C2CC(C)(C)CCN2)cc1. The van der Waals surface area contributed by atoms with E-state index in [0.29, 0.717) is 6.54 Å². The minimum absolute atomic E-state index is 0.0475. The third-order valence-electron chi connectivity index (χ3n) is 4.16. The van der Waals surface area contributed by atoms with Crippen LogP contribution in [-0.4, -0.2) is 18.5 Å². The summed E-state index contributed by atoms with van der Waals surface area (Å²) >= 11 is 0. The van der Waals surface area contributed by atoms with Crippen molar-refractivity contribution in [2.24, 2.45) is 5.41 Å². The molecule has 1 heterocycles. The molecule has 0 spiro atoms. The normalized spacial score (nSPS) is 21.4. The monoisotopic (exact) mass is 274 g/mol. The van der Waals surface area contributed by atoms with Crippen LogP contribution in [0.4, 0.5) is 0 Å². The van der Waals surface area contributed by atoms with Crippen molar-refractivity contribution in [1.82, 2.24) is 10.6 Å². The number of amides is 1. The molecule has 110 valence electrons. The van der Waals surface area contributed by atoms with Gasteiger partial charge in [0.2, 0.25) is 5.91 Å². The van der Waals surface area contributed by atoms with Gasteiger partial charge in [-0.05, 0) is 42.3 Å². The van der Waals surface area contributed by atoms with Gasteiger partial charge >= 0.3 is 0 Å². The van der Waals surface area contributed by atoms with Crippen LogP contribution < -0.4 is 10.6 Å². The van der Waals surface area contributed by atoms with Crippen molar-refractivity contribution in [3.63, 3.8) is 0 Å². The van der Waals surface area contributed by atoms with E-state index in [1.807, 2.05) is 0 Å². The Morgan fingerprint density at radius 1 is 1.30 bits per heavy atom. The molecule has 20 heavy (non-hydrogen) atoms. The predicted molar refractivity (Wildman–Crippen MR) is 82.5 cm³/mol. The zero-order valence-electron chi connectivity index (χ0n) is 12.8. The topological polar surface area (TPSA) is 41.1 Å². The average Bonchev–Trinajstić information content (AvgIpc) is 2.44. The van der Waals surface area contributed by atoms with Crippen molar-refractivity contribution in [3.05, 3.63) is 35.4 Å². The number of carbonyl (C=O) groups is 1. The van der Waals surface area contributed by atoms with Crippen molar-refractivity contribution >= 4 is 5.91 Å². The number of piperidine rings is 1. The Kier molecular flexibility index (Phi) is 4.81. The van der Waals surface area contributed by atoms with Gasteiger partial charge in [-0.1, -0.05) is 45.0 Å². The van der Waals surface area contributed by atoms with E-state index >= 15 is 0 Å². The minimum Gasteiger partial charge on any atom is -0.351 e. The highest BCUT2D eigenvalue weighted by Gasteiger charge is 2.31. The molecule has 0 bridgehead atoms. The van der Waals surface area contributed by atoms with Gasteiger partial charge in [-0.15, -0.1) is 0 Å². The van der Waals surface area contributed by atoms with Crippen LogP contribution in [0.15, 0.2) is 24.3 Å². The molecular formula is C17H26N2O. The Bertz CT molecular complexity index is 451. The molecule has 3 heteroatoms. The van der Waals surface area contributed by atoms with Crippen LogP contribution in [0.25, 0.3) is 0 Å².